The van der Waals surface area contributed by atoms with Gasteiger partial charge in [-0.15, -0.1) is 0 Å². The molecule has 0 aromatic heterocycles. The Morgan fingerprint density at radius 2 is 1.50 bits per heavy atom. The number of hydrogen-bond acceptors (Lipinski definition) is 3. The van der Waals surface area contributed by atoms with E-state index in [1.54, 1.807) is 0 Å². The predicted octanol–water partition coefficient (Wildman–Crippen LogP) is 0.618. The predicted molar refractivity (Wildman–Crippen MR) is 35.8 cm³/mol. The van der Waals surface area contributed by atoms with Crippen LogP contribution >= 0.6 is 0 Å². The summed E-state index contributed by atoms with van der Waals surface area (Å²) in [6, 6.07) is 0. The Bertz CT molecular complexity index is 254. The number of carbonyl (C=O) groups is 1. The summed E-state index contributed by atoms with van der Waals surface area (Å²) in [5, 5.41) is 18.8. The Morgan fingerprint density at radius 3 is 1.56 bits per heavy atom. The van der Waals surface area contributed by atoms with Crippen molar-refractivity contribution in [2.75, 3.05) is 0 Å². The fourth-order valence-corrected chi connectivity index (χ4v) is 1.19. The molecule has 0 saturated carbocycles. The minimum absolute atomic E-state index is 0.767. The third-order valence-electron chi connectivity index (χ3n) is 2.06. The number of rotatable bonds is 3. The summed E-state index contributed by atoms with van der Waals surface area (Å²) in [6.07, 6.45) is -13.4. The lowest BCUT2D eigenvalue weighted by atomic mass is 9.84. The Labute approximate surface area is 85.7 Å². The topological polar surface area (TPSA) is 60.4 Å². The molecule has 16 heavy (non-hydrogen) atoms. The molecule has 1 atom stereocenters. The van der Waals surface area contributed by atoms with Crippen LogP contribution in [0, 0.1) is 5.92 Å². The van der Waals surface area contributed by atoms with Crippen LogP contribution in [0.4, 0.5) is 26.3 Å². The number of aliphatic hydroxyl groups is 1. The Hall–Kier alpha value is -0.990. The average molecular weight is 253 g/mol. The molecule has 0 radical (unpaired) electrons. The van der Waals surface area contributed by atoms with E-state index < -0.39 is 36.3 Å². The number of carboxylic acid groups (broad SMARTS) is 1. The van der Waals surface area contributed by atoms with Crippen molar-refractivity contribution in [2.24, 2.45) is 5.92 Å². The van der Waals surface area contributed by atoms with Crippen LogP contribution in [-0.4, -0.2) is 29.0 Å². The van der Waals surface area contributed by atoms with Crippen molar-refractivity contribution >= 4 is 5.97 Å². The van der Waals surface area contributed by atoms with E-state index in [0.717, 1.165) is 6.92 Å². The van der Waals surface area contributed by atoms with E-state index in [0.29, 0.717) is 0 Å². The Balaban J connectivity index is 5.68. The molecule has 0 amide bonds. The zero-order valence-corrected chi connectivity index (χ0v) is 7.82. The number of aliphatic carboxylic acids is 1. The van der Waals surface area contributed by atoms with Gasteiger partial charge < -0.3 is 15.0 Å². The van der Waals surface area contributed by atoms with Gasteiger partial charge in [-0.3, -0.25) is 0 Å². The summed E-state index contributed by atoms with van der Waals surface area (Å²) >= 11 is 0. The van der Waals surface area contributed by atoms with Gasteiger partial charge in [0.25, 0.3) is 5.60 Å². The van der Waals surface area contributed by atoms with Crippen molar-refractivity contribution in [1.29, 1.82) is 0 Å². The summed E-state index contributed by atoms with van der Waals surface area (Å²) in [7, 11) is 0. The fraction of sp³-hybridized carbons (Fsp3) is 0.857. The lowest BCUT2D eigenvalue weighted by molar-refractivity contribution is -0.396. The van der Waals surface area contributed by atoms with E-state index in [4.69, 9.17) is 5.11 Å². The molecular formula is C7H7F6O3-. The lowest BCUT2D eigenvalue weighted by Gasteiger charge is -2.38. The summed E-state index contributed by atoms with van der Waals surface area (Å²) in [4.78, 5) is 10.2. The molecule has 1 N–H and O–H groups in total. The number of halogens is 6. The molecule has 0 aliphatic heterocycles. The third kappa shape index (κ3) is 2.23. The third-order valence-corrected chi connectivity index (χ3v) is 2.06. The van der Waals surface area contributed by atoms with Gasteiger partial charge in [0.15, 0.2) is 0 Å². The van der Waals surface area contributed by atoms with Crippen molar-refractivity contribution in [3.8, 4) is 0 Å². The first kappa shape index (κ1) is 15.0. The lowest BCUT2D eigenvalue weighted by Crippen LogP contribution is -2.65. The minimum Gasteiger partial charge on any atom is -0.550 e. The number of carboxylic acids is 1. The molecule has 0 heterocycles. The van der Waals surface area contributed by atoms with E-state index in [1.807, 2.05) is 0 Å². The minimum atomic E-state index is -6.15. The molecule has 0 aromatic carbocycles. The largest absolute Gasteiger partial charge is 0.550 e. The van der Waals surface area contributed by atoms with E-state index in [9.17, 15) is 36.2 Å². The number of alkyl halides is 6. The molecule has 0 spiro atoms. The summed E-state index contributed by atoms with van der Waals surface area (Å²) in [6.45, 7) is 0.767. The van der Waals surface area contributed by atoms with Crippen LogP contribution in [0.15, 0.2) is 0 Å². The van der Waals surface area contributed by atoms with Gasteiger partial charge in [0.1, 0.15) is 0 Å². The van der Waals surface area contributed by atoms with Crippen LogP contribution < -0.4 is 5.11 Å². The van der Waals surface area contributed by atoms with Gasteiger partial charge in [0.05, 0.1) is 0 Å². The smallest absolute Gasteiger partial charge is 0.426 e. The number of carbonyl (C=O) groups excluding carboxylic acids is 1. The Kier molecular flexibility index (Phi) is 3.86. The van der Waals surface area contributed by atoms with Gasteiger partial charge in [0, 0.05) is 11.9 Å². The maximum Gasteiger partial charge on any atom is 0.426 e. The van der Waals surface area contributed by atoms with Crippen LogP contribution in [0.2, 0.25) is 0 Å². The van der Waals surface area contributed by atoms with Crippen LogP contribution in [0.25, 0.3) is 0 Å². The zero-order chi connectivity index (χ0) is 13.4. The SMILES string of the molecule is CCC(C(=O)[O-])C(O)(C(F)(F)F)C(F)(F)F. The molecule has 0 rings (SSSR count). The molecule has 9 heteroatoms. The quantitative estimate of drug-likeness (QED) is 0.750. The second-order valence-corrected chi connectivity index (χ2v) is 3.04. The normalized spacial score (nSPS) is 16.0. The van der Waals surface area contributed by atoms with Crippen LogP contribution in [0.5, 0.6) is 0 Å². The molecule has 0 aliphatic carbocycles. The van der Waals surface area contributed by atoms with Crippen molar-refractivity contribution in [2.45, 2.75) is 31.3 Å². The number of hydrogen-bond donors (Lipinski definition) is 1. The standard InChI is InChI=1S/C7H8F6O3/c1-2-3(4(14)15)5(16,6(8,9)10)7(11,12)13/h3,16H,2H2,1H3,(H,14,15)/p-1. The molecular weight excluding hydrogens is 246 g/mol. The van der Waals surface area contributed by atoms with Gasteiger partial charge in [-0.25, -0.2) is 0 Å². The first-order valence-corrected chi connectivity index (χ1v) is 3.96. The van der Waals surface area contributed by atoms with E-state index in [2.05, 4.69) is 0 Å². The highest BCUT2D eigenvalue weighted by atomic mass is 19.4. The van der Waals surface area contributed by atoms with Crippen LogP contribution in [-0.2, 0) is 4.79 Å². The molecule has 3 nitrogen and oxygen atoms in total. The Morgan fingerprint density at radius 1 is 1.19 bits per heavy atom. The van der Waals surface area contributed by atoms with Gasteiger partial charge in [-0.05, 0) is 6.42 Å². The van der Waals surface area contributed by atoms with Crippen molar-refractivity contribution < 1.29 is 41.4 Å². The van der Waals surface area contributed by atoms with Crippen molar-refractivity contribution in [3.63, 3.8) is 0 Å². The highest BCUT2D eigenvalue weighted by Crippen LogP contribution is 2.48. The van der Waals surface area contributed by atoms with E-state index >= 15 is 0 Å². The van der Waals surface area contributed by atoms with Crippen molar-refractivity contribution in [3.05, 3.63) is 0 Å². The molecule has 0 fully saturated rings. The average Bonchev–Trinajstić information content (AvgIpc) is 1.99. The van der Waals surface area contributed by atoms with Crippen LogP contribution in [0.3, 0.4) is 0 Å². The zero-order valence-electron chi connectivity index (χ0n) is 7.82. The molecule has 0 saturated heterocycles. The summed E-state index contributed by atoms with van der Waals surface area (Å²) in [5.41, 5.74) is -5.30. The summed E-state index contributed by atoms with van der Waals surface area (Å²) < 4.78 is 72.8. The first-order chi connectivity index (χ1) is 6.89. The molecule has 0 bridgehead atoms. The van der Waals surface area contributed by atoms with E-state index in [-0.39, 0.29) is 0 Å². The van der Waals surface area contributed by atoms with Gasteiger partial charge in [-0.1, -0.05) is 6.92 Å². The maximum absolute atomic E-state index is 12.1. The van der Waals surface area contributed by atoms with Gasteiger partial charge in [-0.2, -0.15) is 26.3 Å². The van der Waals surface area contributed by atoms with E-state index in [1.165, 1.54) is 0 Å². The van der Waals surface area contributed by atoms with Gasteiger partial charge in [0.2, 0.25) is 0 Å². The monoisotopic (exact) mass is 253 g/mol. The molecule has 1 unspecified atom stereocenters. The van der Waals surface area contributed by atoms with Crippen LogP contribution in [0.1, 0.15) is 13.3 Å². The fourth-order valence-electron chi connectivity index (χ4n) is 1.19. The molecule has 0 aromatic rings. The summed E-state index contributed by atoms with van der Waals surface area (Å²) in [5.74, 6) is -5.72. The maximum atomic E-state index is 12.1. The second-order valence-electron chi connectivity index (χ2n) is 3.04. The highest BCUT2D eigenvalue weighted by Gasteiger charge is 2.73. The second kappa shape index (κ2) is 4.11. The highest BCUT2D eigenvalue weighted by molar-refractivity contribution is 5.69. The van der Waals surface area contributed by atoms with Crippen molar-refractivity contribution in [1.82, 2.24) is 0 Å². The molecule has 0 aliphatic rings. The molecule has 96 valence electrons. The van der Waals surface area contributed by atoms with Gasteiger partial charge >= 0.3 is 12.4 Å². The first-order valence-electron chi connectivity index (χ1n) is 3.96.